The van der Waals surface area contributed by atoms with E-state index >= 15 is 0 Å². The molecule has 112 valence electrons. The molecule has 0 aliphatic rings. The van der Waals surface area contributed by atoms with Gasteiger partial charge in [0, 0.05) is 36.5 Å². The van der Waals surface area contributed by atoms with Crippen LogP contribution in [0.4, 0.5) is 4.39 Å². The SMILES string of the molecule is CN(CCc1ccncc1)C(CN)c1cc(F)cc(Cl)c1. The summed E-state index contributed by atoms with van der Waals surface area (Å²) in [6.45, 7) is 1.23. The Morgan fingerprint density at radius 1 is 1.29 bits per heavy atom. The van der Waals surface area contributed by atoms with Crippen LogP contribution in [0.1, 0.15) is 17.2 Å². The number of nitrogens with zero attached hydrogens (tertiary/aromatic N) is 2. The van der Waals surface area contributed by atoms with E-state index in [9.17, 15) is 4.39 Å². The van der Waals surface area contributed by atoms with E-state index in [4.69, 9.17) is 17.3 Å². The molecule has 0 amide bonds. The standard InChI is InChI=1S/C16H19ClFN3/c1-21(7-4-12-2-5-20-6-3-12)16(11-19)13-8-14(17)10-15(18)9-13/h2-3,5-6,8-10,16H,4,7,11,19H2,1H3. The second-order valence-electron chi connectivity index (χ2n) is 5.04. The molecule has 1 aromatic carbocycles. The van der Waals surface area contributed by atoms with Gasteiger partial charge >= 0.3 is 0 Å². The molecule has 0 aliphatic carbocycles. The highest BCUT2D eigenvalue weighted by Crippen LogP contribution is 2.23. The average Bonchev–Trinajstić information content (AvgIpc) is 2.46. The molecule has 1 atom stereocenters. The Balaban J connectivity index is 2.06. The largest absolute Gasteiger partial charge is 0.329 e. The average molecular weight is 308 g/mol. The molecule has 21 heavy (non-hydrogen) atoms. The molecule has 0 aliphatic heterocycles. The Labute approximate surface area is 129 Å². The molecule has 2 N–H and O–H groups in total. The molecule has 0 bridgehead atoms. The van der Waals surface area contributed by atoms with Crippen molar-refractivity contribution >= 4 is 11.6 Å². The van der Waals surface area contributed by atoms with Gasteiger partial charge in [-0.05, 0) is 54.9 Å². The van der Waals surface area contributed by atoms with E-state index < -0.39 is 0 Å². The number of benzene rings is 1. The minimum Gasteiger partial charge on any atom is -0.329 e. The van der Waals surface area contributed by atoms with Gasteiger partial charge in [0.25, 0.3) is 0 Å². The van der Waals surface area contributed by atoms with Crippen LogP contribution in [0.25, 0.3) is 0 Å². The quantitative estimate of drug-likeness (QED) is 0.892. The van der Waals surface area contributed by atoms with Gasteiger partial charge in [-0.25, -0.2) is 4.39 Å². The Hall–Kier alpha value is -1.49. The highest BCUT2D eigenvalue weighted by Gasteiger charge is 2.16. The van der Waals surface area contributed by atoms with Crippen LogP contribution in [0.5, 0.6) is 0 Å². The summed E-state index contributed by atoms with van der Waals surface area (Å²) in [7, 11) is 1.98. The van der Waals surface area contributed by atoms with Gasteiger partial charge in [-0.2, -0.15) is 0 Å². The second kappa shape index (κ2) is 7.50. The predicted molar refractivity (Wildman–Crippen MR) is 83.8 cm³/mol. The van der Waals surface area contributed by atoms with Crippen molar-refractivity contribution in [2.24, 2.45) is 5.73 Å². The molecule has 0 radical (unpaired) electrons. The third-order valence-electron chi connectivity index (χ3n) is 3.53. The number of nitrogens with two attached hydrogens (primary N) is 1. The van der Waals surface area contributed by atoms with E-state index in [1.165, 1.54) is 17.7 Å². The molecule has 1 unspecified atom stereocenters. The molecular formula is C16H19ClFN3. The maximum absolute atomic E-state index is 13.5. The van der Waals surface area contributed by atoms with Crippen LogP contribution in [0.15, 0.2) is 42.7 Å². The lowest BCUT2D eigenvalue weighted by Gasteiger charge is -2.27. The zero-order chi connectivity index (χ0) is 15.2. The first-order valence-corrected chi connectivity index (χ1v) is 7.23. The van der Waals surface area contributed by atoms with Gasteiger partial charge in [0.2, 0.25) is 0 Å². The number of pyridine rings is 1. The van der Waals surface area contributed by atoms with Gasteiger partial charge in [-0.3, -0.25) is 9.88 Å². The maximum atomic E-state index is 13.5. The number of aromatic nitrogens is 1. The molecule has 2 aromatic rings. The summed E-state index contributed by atoms with van der Waals surface area (Å²) < 4.78 is 13.5. The van der Waals surface area contributed by atoms with Gasteiger partial charge in [-0.15, -0.1) is 0 Å². The summed E-state index contributed by atoms with van der Waals surface area (Å²) in [5, 5.41) is 0.394. The van der Waals surface area contributed by atoms with E-state index in [1.807, 2.05) is 19.2 Å². The fraction of sp³-hybridized carbons (Fsp3) is 0.312. The van der Waals surface area contributed by atoms with Crippen LogP contribution in [-0.4, -0.2) is 30.0 Å². The van der Waals surface area contributed by atoms with Crippen molar-refractivity contribution in [1.82, 2.24) is 9.88 Å². The Kier molecular flexibility index (Phi) is 5.67. The van der Waals surface area contributed by atoms with Crippen molar-refractivity contribution in [1.29, 1.82) is 0 Å². The summed E-state index contributed by atoms with van der Waals surface area (Å²) in [6.07, 6.45) is 4.45. The van der Waals surface area contributed by atoms with E-state index in [0.717, 1.165) is 18.5 Å². The van der Waals surface area contributed by atoms with Crippen LogP contribution >= 0.6 is 11.6 Å². The first-order chi connectivity index (χ1) is 10.1. The van der Waals surface area contributed by atoms with Crippen molar-refractivity contribution in [2.45, 2.75) is 12.5 Å². The Morgan fingerprint density at radius 3 is 2.62 bits per heavy atom. The molecular weight excluding hydrogens is 289 g/mol. The van der Waals surface area contributed by atoms with Crippen LogP contribution in [-0.2, 0) is 6.42 Å². The van der Waals surface area contributed by atoms with E-state index in [-0.39, 0.29) is 11.9 Å². The highest BCUT2D eigenvalue weighted by molar-refractivity contribution is 6.30. The number of hydrogen-bond donors (Lipinski definition) is 1. The molecule has 0 saturated carbocycles. The summed E-state index contributed by atoms with van der Waals surface area (Å²) >= 11 is 5.92. The van der Waals surface area contributed by atoms with Crippen LogP contribution in [0.2, 0.25) is 5.02 Å². The monoisotopic (exact) mass is 307 g/mol. The van der Waals surface area contributed by atoms with Gasteiger partial charge in [0.1, 0.15) is 5.82 Å². The third-order valence-corrected chi connectivity index (χ3v) is 3.75. The molecule has 3 nitrogen and oxygen atoms in total. The van der Waals surface area contributed by atoms with Crippen molar-refractivity contribution in [3.8, 4) is 0 Å². The van der Waals surface area contributed by atoms with Gasteiger partial charge in [0.05, 0.1) is 0 Å². The Bertz CT molecular complexity index is 557. The highest BCUT2D eigenvalue weighted by atomic mass is 35.5. The van der Waals surface area contributed by atoms with E-state index in [2.05, 4.69) is 9.88 Å². The summed E-state index contributed by atoms with van der Waals surface area (Å²) in [4.78, 5) is 6.12. The lowest BCUT2D eigenvalue weighted by molar-refractivity contribution is 0.253. The molecule has 5 heteroatoms. The predicted octanol–water partition coefficient (Wildman–Crippen LogP) is 3.05. The summed E-state index contributed by atoms with van der Waals surface area (Å²) in [5.41, 5.74) is 7.88. The summed E-state index contributed by atoms with van der Waals surface area (Å²) in [5.74, 6) is -0.335. The van der Waals surface area contributed by atoms with Crippen molar-refractivity contribution in [3.63, 3.8) is 0 Å². The zero-order valence-electron chi connectivity index (χ0n) is 12.0. The molecule has 1 heterocycles. The maximum Gasteiger partial charge on any atom is 0.125 e. The topological polar surface area (TPSA) is 42.2 Å². The van der Waals surface area contributed by atoms with E-state index in [0.29, 0.717) is 11.6 Å². The first kappa shape index (κ1) is 15.9. The molecule has 0 fully saturated rings. The molecule has 0 saturated heterocycles. The Morgan fingerprint density at radius 2 is 2.00 bits per heavy atom. The van der Waals surface area contributed by atoms with Crippen LogP contribution in [0, 0.1) is 5.82 Å². The number of hydrogen-bond acceptors (Lipinski definition) is 3. The smallest absolute Gasteiger partial charge is 0.125 e. The van der Waals surface area contributed by atoms with Gasteiger partial charge in [-0.1, -0.05) is 11.6 Å². The molecule has 1 aromatic heterocycles. The lowest BCUT2D eigenvalue weighted by Crippen LogP contribution is -2.32. The molecule has 2 rings (SSSR count). The van der Waals surface area contributed by atoms with Crippen molar-refractivity contribution in [3.05, 3.63) is 64.7 Å². The third kappa shape index (κ3) is 4.49. The van der Waals surface area contributed by atoms with Gasteiger partial charge in [0.15, 0.2) is 0 Å². The lowest BCUT2D eigenvalue weighted by atomic mass is 10.0. The zero-order valence-corrected chi connectivity index (χ0v) is 12.7. The normalized spacial score (nSPS) is 12.6. The number of halogens is 2. The minimum atomic E-state index is -0.335. The fourth-order valence-electron chi connectivity index (χ4n) is 2.35. The fourth-order valence-corrected chi connectivity index (χ4v) is 2.58. The van der Waals surface area contributed by atoms with Crippen LogP contribution < -0.4 is 5.73 Å². The van der Waals surface area contributed by atoms with Crippen molar-refractivity contribution in [2.75, 3.05) is 20.1 Å². The molecule has 0 spiro atoms. The minimum absolute atomic E-state index is 0.0555. The van der Waals surface area contributed by atoms with Crippen LogP contribution in [0.3, 0.4) is 0 Å². The number of likely N-dealkylation sites (N-methyl/N-ethyl adjacent to an activating group) is 1. The summed E-state index contributed by atoms with van der Waals surface area (Å²) in [6, 6.07) is 8.49. The van der Waals surface area contributed by atoms with Gasteiger partial charge < -0.3 is 5.73 Å². The van der Waals surface area contributed by atoms with Crippen molar-refractivity contribution < 1.29 is 4.39 Å². The number of rotatable bonds is 6. The second-order valence-corrected chi connectivity index (χ2v) is 5.48. The van der Waals surface area contributed by atoms with E-state index in [1.54, 1.807) is 18.5 Å². The first-order valence-electron chi connectivity index (χ1n) is 6.85.